The zero-order valence-corrected chi connectivity index (χ0v) is 13.6. The third kappa shape index (κ3) is 4.01. The lowest BCUT2D eigenvalue weighted by molar-refractivity contribution is 0.277. The topological polar surface area (TPSA) is 49.4 Å². The van der Waals surface area contributed by atoms with E-state index in [0.717, 1.165) is 18.5 Å². The Kier molecular flexibility index (Phi) is 5.18. The van der Waals surface area contributed by atoms with Gasteiger partial charge < -0.3 is 5.32 Å². The summed E-state index contributed by atoms with van der Waals surface area (Å²) in [6.45, 7) is 1.86. The van der Waals surface area contributed by atoms with Gasteiger partial charge in [-0.15, -0.1) is 0 Å². The third-order valence-corrected chi connectivity index (χ3v) is 5.57. The number of benzene rings is 1. The van der Waals surface area contributed by atoms with E-state index >= 15 is 0 Å². The fourth-order valence-corrected chi connectivity index (χ4v) is 3.70. The van der Waals surface area contributed by atoms with E-state index in [4.69, 9.17) is 23.2 Å². The second-order valence-corrected chi connectivity index (χ2v) is 7.88. The molecule has 0 radical (unpaired) electrons. The molecule has 1 aliphatic heterocycles. The van der Waals surface area contributed by atoms with Crippen LogP contribution in [0.5, 0.6) is 0 Å². The van der Waals surface area contributed by atoms with Crippen LogP contribution >= 0.6 is 23.2 Å². The molecule has 1 N–H and O–H groups in total. The summed E-state index contributed by atoms with van der Waals surface area (Å²) in [5.74, 6) is 0.286. The number of rotatable bonds is 4. The summed E-state index contributed by atoms with van der Waals surface area (Å²) < 4.78 is 24.7. The number of piperidine rings is 1. The molecule has 2 rings (SSSR count). The average Bonchev–Trinajstić information content (AvgIpc) is 2.40. The first-order chi connectivity index (χ1) is 9.38. The number of nitrogens with one attached hydrogen (secondary N) is 1. The van der Waals surface area contributed by atoms with E-state index in [1.165, 1.54) is 6.26 Å². The molecule has 1 atom stereocenters. The Labute approximate surface area is 130 Å². The molecule has 7 heteroatoms. The molecule has 0 spiro atoms. The van der Waals surface area contributed by atoms with Crippen LogP contribution in [0.1, 0.15) is 12.8 Å². The highest BCUT2D eigenvalue weighted by atomic mass is 35.5. The van der Waals surface area contributed by atoms with Crippen LogP contribution in [0.15, 0.2) is 18.2 Å². The summed E-state index contributed by atoms with van der Waals surface area (Å²) in [5.41, 5.74) is 0.788. The van der Waals surface area contributed by atoms with Crippen LogP contribution in [0.2, 0.25) is 10.0 Å². The number of hydrogen-bond acceptors (Lipinski definition) is 3. The van der Waals surface area contributed by atoms with Crippen molar-refractivity contribution in [3.05, 3.63) is 28.2 Å². The highest BCUT2D eigenvalue weighted by Gasteiger charge is 2.25. The van der Waals surface area contributed by atoms with E-state index in [9.17, 15) is 8.42 Å². The van der Waals surface area contributed by atoms with Gasteiger partial charge in [-0.05, 0) is 30.9 Å². The van der Waals surface area contributed by atoms with Crippen molar-refractivity contribution in [3.8, 4) is 0 Å². The van der Waals surface area contributed by atoms with Gasteiger partial charge in [-0.3, -0.25) is 0 Å². The lowest BCUT2D eigenvalue weighted by atomic mass is 9.99. The van der Waals surface area contributed by atoms with E-state index in [2.05, 4.69) is 5.32 Å². The monoisotopic (exact) mass is 336 g/mol. The van der Waals surface area contributed by atoms with Gasteiger partial charge in [0, 0.05) is 19.6 Å². The Hall–Kier alpha value is -0.490. The summed E-state index contributed by atoms with van der Waals surface area (Å²) >= 11 is 12.1. The number of hydrogen-bond donors (Lipinski definition) is 1. The molecule has 0 aliphatic carbocycles. The standard InChI is InChI=1S/C13H18Cl2N2O2S/c1-20(18,19)17-7-3-4-10(9-17)8-16-12-6-2-5-11(14)13(12)15/h2,5-6,10,16H,3-4,7-9H2,1H3. The van der Waals surface area contributed by atoms with Crippen LogP contribution in [0, 0.1) is 5.92 Å². The smallest absolute Gasteiger partial charge is 0.211 e. The van der Waals surface area contributed by atoms with Crippen molar-refractivity contribution in [1.82, 2.24) is 4.31 Å². The lowest BCUT2D eigenvalue weighted by Gasteiger charge is -2.31. The van der Waals surface area contributed by atoms with Crippen LogP contribution in [0.3, 0.4) is 0 Å². The van der Waals surface area contributed by atoms with Gasteiger partial charge in [0.25, 0.3) is 0 Å². The number of nitrogens with zero attached hydrogens (tertiary/aromatic N) is 1. The number of sulfonamides is 1. The second-order valence-electron chi connectivity index (χ2n) is 5.11. The highest BCUT2D eigenvalue weighted by molar-refractivity contribution is 7.88. The second kappa shape index (κ2) is 6.52. The summed E-state index contributed by atoms with van der Waals surface area (Å²) in [5, 5.41) is 4.27. The van der Waals surface area contributed by atoms with Crippen LogP contribution in [0.25, 0.3) is 0 Å². The Morgan fingerprint density at radius 2 is 2.15 bits per heavy atom. The Balaban J connectivity index is 1.95. The van der Waals surface area contributed by atoms with E-state index < -0.39 is 10.0 Å². The highest BCUT2D eigenvalue weighted by Crippen LogP contribution is 2.30. The SMILES string of the molecule is CS(=O)(=O)N1CCCC(CNc2cccc(Cl)c2Cl)C1. The molecule has 1 unspecified atom stereocenters. The minimum absolute atomic E-state index is 0.286. The summed E-state index contributed by atoms with van der Waals surface area (Å²) in [6, 6.07) is 5.44. The van der Waals surface area contributed by atoms with Crippen molar-refractivity contribution in [2.75, 3.05) is 31.2 Å². The van der Waals surface area contributed by atoms with Gasteiger partial charge in [0.2, 0.25) is 10.0 Å². The molecule has 1 aromatic carbocycles. The van der Waals surface area contributed by atoms with Gasteiger partial charge >= 0.3 is 0 Å². The molecule has 1 aromatic rings. The van der Waals surface area contributed by atoms with Crippen molar-refractivity contribution in [2.24, 2.45) is 5.92 Å². The maximum atomic E-state index is 11.6. The van der Waals surface area contributed by atoms with Gasteiger partial charge in [-0.25, -0.2) is 12.7 Å². The van der Waals surface area contributed by atoms with E-state index in [0.29, 0.717) is 29.7 Å². The van der Waals surface area contributed by atoms with Crippen molar-refractivity contribution in [2.45, 2.75) is 12.8 Å². The van der Waals surface area contributed by atoms with Crippen LogP contribution < -0.4 is 5.32 Å². The van der Waals surface area contributed by atoms with Crippen LogP contribution in [0.4, 0.5) is 5.69 Å². The zero-order chi connectivity index (χ0) is 14.8. The molecule has 4 nitrogen and oxygen atoms in total. The molecule has 1 fully saturated rings. The minimum atomic E-state index is -3.10. The van der Waals surface area contributed by atoms with E-state index in [-0.39, 0.29) is 5.92 Å². The maximum Gasteiger partial charge on any atom is 0.211 e. The van der Waals surface area contributed by atoms with Gasteiger partial charge in [0.15, 0.2) is 0 Å². The predicted octanol–water partition coefficient (Wildman–Crippen LogP) is 3.08. The molecule has 0 bridgehead atoms. The number of anilines is 1. The lowest BCUT2D eigenvalue weighted by Crippen LogP contribution is -2.41. The third-order valence-electron chi connectivity index (χ3n) is 3.48. The molecule has 0 aromatic heterocycles. The van der Waals surface area contributed by atoms with Crippen LogP contribution in [-0.4, -0.2) is 38.6 Å². The largest absolute Gasteiger partial charge is 0.383 e. The van der Waals surface area contributed by atoms with Crippen molar-refractivity contribution in [1.29, 1.82) is 0 Å². The normalized spacial score (nSPS) is 20.9. The molecule has 1 aliphatic rings. The van der Waals surface area contributed by atoms with Gasteiger partial charge in [-0.2, -0.15) is 0 Å². The zero-order valence-electron chi connectivity index (χ0n) is 11.3. The van der Waals surface area contributed by atoms with E-state index in [1.54, 1.807) is 10.4 Å². The summed E-state index contributed by atoms with van der Waals surface area (Å²) in [4.78, 5) is 0. The first-order valence-electron chi connectivity index (χ1n) is 6.51. The molecule has 112 valence electrons. The first kappa shape index (κ1) is 15.9. The van der Waals surface area contributed by atoms with Crippen molar-refractivity contribution >= 4 is 38.9 Å². The number of halogens is 2. The minimum Gasteiger partial charge on any atom is -0.383 e. The first-order valence-corrected chi connectivity index (χ1v) is 9.11. The molecular formula is C13H18Cl2N2O2S. The maximum absolute atomic E-state index is 11.6. The van der Waals surface area contributed by atoms with Gasteiger partial charge in [-0.1, -0.05) is 29.3 Å². The Morgan fingerprint density at radius 3 is 2.85 bits per heavy atom. The molecule has 1 saturated heterocycles. The van der Waals surface area contributed by atoms with Crippen LogP contribution in [-0.2, 0) is 10.0 Å². The van der Waals surface area contributed by atoms with Gasteiger partial charge in [0.05, 0.1) is 22.0 Å². The quantitative estimate of drug-likeness (QED) is 0.919. The predicted molar refractivity (Wildman–Crippen MR) is 84.1 cm³/mol. The Bertz CT molecular complexity index is 578. The molecule has 0 amide bonds. The van der Waals surface area contributed by atoms with Crippen molar-refractivity contribution in [3.63, 3.8) is 0 Å². The average molecular weight is 337 g/mol. The molecule has 0 saturated carbocycles. The molecular weight excluding hydrogens is 319 g/mol. The Morgan fingerprint density at radius 1 is 1.40 bits per heavy atom. The summed E-state index contributed by atoms with van der Waals surface area (Å²) in [7, 11) is -3.10. The van der Waals surface area contributed by atoms with E-state index in [1.807, 2.05) is 12.1 Å². The fraction of sp³-hybridized carbons (Fsp3) is 0.538. The summed E-state index contributed by atoms with van der Waals surface area (Å²) in [6.07, 6.45) is 3.16. The fourth-order valence-electron chi connectivity index (χ4n) is 2.39. The van der Waals surface area contributed by atoms with Gasteiger partial charge in [0.1, 0.15) is 0 Å². The molecule has 1 heterocycles. The molecule has 20 heavy (non-hydrogen) atoms. The van der Waals surface area contributed by atoms with Crippen molar-refractivity contribution < 1.29 is 8.42 Å².